The fourth-order valence-electron chi connectivity index (χ4n) is 0.639. The van der Waals surface area contributed by atoms with Crippen LogP contribution in [0, 0.1) is 0 Å². The molecule has 0 aromatic heterocycles. The number of halogens is 1. The first-order chi connectivity index (χ1) is 5.16. The third-order valence-corrected chi connectivity index (χ3v) is 1.62. The quantitative estimate of drug-likeness (QED) is 0.388. The molecule has 0 fully saturated rings. The minimum Gasteiger partial charge on any atom is -0.466 e. The van der Waals surface area contributed by atoms with E-state index in [1.54, 1.807) is 0 Å². The molecule has 1 atom stereocenters. The number of esters is 1. The summed E-state index contributed by atoms with van der Waals surface area (Å²) in [5.41, 5.74) is 5.27. The highest BCUT2D eigenvalue weighted by atomic mass is 35.5. The van der Waals surface area contributed by atoms with Gasteiger partial charge in [0.1, 0.15) is 0 Å². The van der Waals surface area contributed by atoms with Crippen molar-refractivity contribution in [2.45, 2.75) is 25.1 Å². The molecule has 0 saturated heterocycles. The standard InChI is InChI=1S/C7H14ClNO2/c1-6(10)11-4-2-3-7(8)5-9/h7H,2-5,9H2,1H3. The van der Waals surface area contributed by atoms with Gasteiger partial charge in [0.15, 0.2) is 0 Å². The molecule has 0 radical (unpaired) electrons. The molecule has 0 aliphatic heterocycles. The lowest BCUT2D eigenvalue weighted by atomic mass is 10.2. The SMILES string of the molecule is CC(=O)OCCCC(Cl)CN. The van der Waals surface area contributed by atoms with E-state index in [4.69, 9.17) is 22.1 Å². The van der Waals surface area contributed by atoms with Crippen LogP contribution in [0.15, 0.2) is 0 Å². The molecule has 3 nitrogen and oxygen atoms in total. The molecule has 0 aromatic carbocycles. The van der Waals surface area contributed by atoms with E-state index in [1.165, 1.54) is 6.92 Å². The number of nitrogens with two attached hydrogens (primary N) is 1. The molecular weight excluding hydrogens is 166 g/mol. The zero-order chi connectivity index (χ0) is 8.69. The zero-order valence-corrected chi connectivity index (χ0v) is 7.43. The van der Waals surface area contributed by atoms with Gasteiger partial charge in [0, 0.05) is 18.8 Å². The van der Waals surface area contributed by atoms with Crippen LogP contribution in [0.1, 0.15) is 19.8 Å². The molecular formula is C7H14ClNO2. The maximum Gasteiger partial charge on any atom is 0.302 e. The molecule has 0 spiro atoms. The number of carbonyl (C=O) groups is 1. The third kappa shape index (κ3) is 7.62. The van der Waals surface area contributed by atoms with Crippen LogP contribution in [-0.4, -0.2) is 24.5 Å². The highest BCUT2D eigenvalue weighted by molar-refractivity contribution is 6.20. The van der Waals surface area contributed by atoms with E-state index in [2.05, 4.69) is 0 Å². The Labute approximate surface area is 71.8 Å². The molecule has 1 unspecified atom stereocenters. The van der Waals surface area contributed by atoms with Gasteiger partial charge in [-0.3, -0.25) is 4.79 Å². The van der Waals surface area contributed by atoms with E-state index in [0.29, 0.717) is 13.2 Å². The lowest BCUT2D eigenvalue weighted by Gasteiger charge is -2.05. The maximum atomic E-state index is 10.3. The Kier molecular flexibility index (Phi) is 6.27. The van der Waals surface area contributed by atoms with E-state index in [-0.39, 0.29) is 11.3 Å². The summed E-state index contributed by atoms with van der Waals surface area (Å²) in [5.74, 6) is -0.246. The van der Waals surface area contributed by atoms with Crippen molar-refractivity contribution >= 4 is 17.6 Å². The lowest BCUT2D eigenvalue weighted by Crippen LogP contribution is -2.14. The van der Waals surface area contributed by atoms with Crippen LogP contribution in [0.5, 0.6) is 0 Å². The first-order valence-electron chi connectivity index (χ1n) is 3.64. The Balaban J connectivity index is 3.08. The van der Waals surface area contributed by atoms with Gasteiger partial charge >= 0.3 is 5.97 Å². The molecule has 0 amide bonds. The summed E-state index contributed by atoms with van der Waals surface area (Å²) in [4.78, 5) is 10.3. The number of alkyl halides is 1. The average Bonchev–Trinajstić information content (AvgIpc) is 1.97. The van der Waals surface area contributed by atoms with Crippen molar-refractivity contribution in [1.82, 2.24) is 0 Å². The number of hydrogen-bond acceptors (Lipinski definition) is 3. The van der Waals surface area contributed by atoms with Crippen LogP contribution >= 0.6 is 11.6 Å². The molecule has 0 heterocycles. The zero-order valence-electron chi connectivity index (χ0n) is 6.68. The number of rotatable bonds is 5. The van der Waals surface area contributed by atoms with E-state index in [0.717, 1.165) is 12.8 Å². The fourth-order valence-corrected chi connectivity index (χ4v) is 0.793. The van der Waals surface area contributed by atoms with Gasteiger partial charge in [-0.05, 0) is 12.8 Å². The van der Waals surface area contributed by atoms with Gasteiger partial charge in [0.25, 0.3) is 0 Å². The van der Waals surface area contributed by atoms with Crippen molar-refractivity contribution in [3.05, 3.63) is 0 Å². The van der Waals surface area contributed by atoms with Crippen molar-refractivity contribution in [2.24, 2.45) is 5.73 Å². The highest BCUT2D eigenvalue weighted by Crippen LogP contribution is 2.02. The maximum absolute atomic E-state index is 10.3. The first-order valence-corrected chi connectivity index (χ1v) is 4.08. The van der Waals surface area contributed by atoms with Gasteiger partial charge in [0.2, 0.25) is 0 Å². The topological polar surface area (TPSA) is 52.3 Å². The van der Waals surface area contributed by atoms with E-state index in [1.807, 2.05) is 0 Å². The Morgan fingerprint density at radius 3 is 2.82 bits per heavy atom. The molecule has 0 rings (SSSR count). The Bertz CT molecular complexity index is 119. The first kappa shape index (κ1) is 10.7. The van der Waals surface area contributed by atoms with Gasteiger partial charge < -0.3 is 10.5 Å². The van der Waals surface area contributed by atoms with Gasteiger partial charge in [-0.2, -0.15) is 0 Å². The Hall–Kier alpha value is -0.280. The van der Waals surface area contributed by atoms with Gasteiger partial charge in [-0.15, -0.1) is 11.6 Å². The van der Waals surface area contributed by atoms with E-state index in [9.17, 15) is 4.79 Å². The average molecular weight is 180 g/mol. The molecule has 66 valence electrons. The van der Waals surface area contributed by atoms with Crippen LogP contribution in [0.3, 0.4) is 0 Å². The van der Waals surface area contributed by atoms with E-state index >= 15 is 0 Å². The molecule has 11 heavy (non-hydrogen) atoms. The second-order valence-corrected chi connectivity index (χ2v) is 2.93. The summed E-state index contributed by atoms with van der Waals surface area (Å²) in [6.07, 6.45) is 1.58. The number of hydrogen-bond donors (Lipinski definition) is 1. The summed E-state index contributed by atoms with van der Waals surface area (Å²) < 4.78 is 4.70. The van der Waals surface area contributed by atoms with Crippen molar-refractivity contribution in [3.8, 4) is 0 Å². The summed E-state index contributed by atoms with van der Waals surface area (Å²) in [6.45, 7) is 2.31. The number of ether oxygens (including phenoxy) is 1. The largest absolute Gasteiger partial charge is 0.466 e. The fraction of sp³-hybridized carbons (Fsp3) is 0.857. The number of carbonyl (C=O) groups excluding carboxylic acids is 1. The monoisotopic (exact) mass is 179 g/mol. The van der Waals surface area contributed by atoms with Crippen molar-refractivity contribution in [1.29, 1.82) is 0 Å². The highest BCUT2D eigenvalue weighted by Gasteiger charge is 2.00. The van der Waals surface area contributed by atoms with Gasteiger partial charge in [-0.1, -0.05) is 0 Å². The second kappa shape index (κ2) is 6.43. The van der Waals surface area contributed by atoms with Crippen LogP contribution < -0.4 is 5.73 Å². The molecule has 0 saturated carbocycles. The lowest BCUT2D eigenvalue weighted by molar-refractivity contribution is -0.141. The predicted molar refractivity (Wildman–Crippen MR) is 44.6 cm³/mol. The third-order valence-electron chi connectivity index (χ3n) is 1.22. The van der Waals surface area contributed by atoms with Crippen LogP contribution in [0.4, 0.5) is 0 Å². The summed E-state index contributed by atoms with van der Waals surface area (Å²) in [5, 5.41) is 0.00515. The molecule has 0 aliphatic rings. The van der Waals surface area contributed by atoms with Gasteiger partial charge in [0.05, 0.1) is 6.61 Å². The van der Waals surface area contributed by atoms with Crippen molar-refractivity contribution in [2.75, 3.05) is 13.2 Å². The molecule has 0 aromatic rings. The molecule has 0 bridgehead atoms. The van der Waals surface area contributed by atoms with Crippen LogP contribution in [-0.2, 0) is 9.53 Å². The van der Waals surface area contributed by atoms with Crippen molar-refractivity contribution < 1.29 is 9.53 Å². The van der Waals surface area contributed by atoms with Crippen LogP contribution in [0.2, 0.25) is 0 Å². The minimum absolute atomic E-state index is 0.00515. The summed E-state index contributed by atoms with van der Waals surface area (Å²) >= 11 is 5.72. The Morgan fingerprint density at radius 1 is 1.73 bits per heavy atom. The predicted octanol–water partition coefficient (Wildman–Crippen LogP) is 0.896. The van der Waals surface area contributed by atoms with Gasteiger partial charge in [-0.25, -0.2) is 0 Å². The second-order valence-electron chi connectivity index (χ2n) is 2.32. The minimum atomic E-state index is -0.246. The Morgan fingerprint density at radius 2 is 2.36 bits per heavy atom. The molecule has 0 aliphatic carbocycles. The molecule has 2 N–H and O–H groups in total. The summed E-state index contributed by atoms with van der Waals surface area (Å²) in [7, 11) is 0. The molecule has 4 heteroatoms. The van der Waals surface area contributed by atoms with Crippen LogP contribution in [0.25, 0.3) is 0 Å². The van der Waals surface area contributed by atoms with E-state index < -0.39 is 0 Å². The normalized spacial score (nSPS) is 12.6. The smallest absolute Gasteiger partial charge is 0.302 e. The summed E-state index contributed by atoms with van der Waals surface area (Å²) in [6, 6.07) is 0. The van der Waals surface area contributed by atoms with Crippen molar-refractivity contribution in [3.63, 3.8) is 0 Å².